The van der Waals surface area contributed by atoms with Crippen LogP contribution in [-0.2, 0) is 35.6 Å². The van der Waals surface area contributed by atoms with Gasteiger partial charge in [0.15, 0.2) is 0 Å². The first-order chi connectivity index (χ1) is 21.3. The van der Waals surface area contributed by atoms with Crippen LogP contribution in [0.1, 0.15) is 90.5 Å². The van der Waals surface area contributed by atoms with Gasteiger partial charge in [-0.05, 0) is 84.1 Å². The van der Waals surface area contributed by atoms with Crippen LogP contribution in [0.5, 0.6) is 0 Å². The summed E-state index contributed by atoms with van der Waals surface area (Å²) < 4.78 is 33.9. The van der Waals surface area contributed by atoms with E-state index >= 15 is 0 Å². The van der Waals surface area contributed by atoms with Gasteiger partial charge < -0.3 is 20.3 Å². The largest absolute Gasteiger partial charge is 0.444 e. The summed E-state index contributed by atoms with van der Waals surface area (Å²) in [6.45, 7) is 5.57. The number of ether oxygens (including phenoxy) is 1. The maximum Gasteiger partial charge on any atom is 0.408 e. The van der Waals surface area contributed by atoms with Crippen LogP contribution >= 0.6 is 0 Å². The van der Waals surface area contributed by atoms with E-state index in [0.29, 0.717) is 51.5 Å². The highest BCUT2D eigenvalue weighted by atomic mass is 32.2. The number of rotatable bonds is 6. The summed E-state index contributed by atoms with van der Waals surface area (Å²) in [7, 11) is -4.04. The minimum Gasteiger partial charge on any atom is -0.444 e. The third kappa shape index (κ3) is 7.53. The minimum atomic E-state index is -4.04. The van der Waals surface area contributed by atoms with Crippen LogP contribution < -0.4 is 15.4 Å². The minimum absolute atomic E-state index is 0.270. The van der Waals surface area contributed by atoms with Crippen LogP contribution in [0.4, 0.5) is 4.79 Å². The molecule has 0 aromatic heterocycles. The SMILES string of the molecule is CC(C)(C)OC(=O)N[C@H]1CCCCC/C=C\[C@H]2C[C@@]2(C(=O)NS(=O)(=O)C2(Cc3ccccc3)CC2)NC(=O)[C@@H]2CCCN2C1=O. The monoisotopic (exact) mass is 642 g/mol. The van der Waals surface area contributed by atoms with Gasteiger partial charge in [-0.25, -0.2) is 13.2 Å². The smallest absolute Gasteiger partial charge is 0.408 e. The van der Waals surface area contributed by atoms with Gasteiger partial charge in [0.2, 0.25) is 21.8 Å². The van der Waals surface area contributed by atoms with Crippen LogP contribution in [0.25, 0.3) is 0 Å². The molecule has 0 spiro atoms. The third-order valence-corrected chi connectivity index (χ3v) is 11.4. The van der Waals surface area contributed by atoms with E-state index in [2.05, 4.69) is 15.4 Å². The summed E-state index contributed by atoms with van der Waals surface area (Å²) in [4.78, 5) is 55.5. The molecule has 0 radical (unpaired) electrons. The van der Waals surface area contributed by atoms with Crippen molar-refractivity contribution >= 4 is 33.8 Å². The predicted molar refractivity (Wildman–Crippen MR) is 168 cm³/mol. The van der Waals surface area contributed by atoms with Crippen LogP contribution in [0.15, 0.2) is 42.5 Å². The molecule has 11 nitrogen and oxygen atoms in total. The lowest BCUT2D eigenvalue weighted by atomic mass is 10.0. The molecule has 1 saturated heterocycles. The molecular formula is C33H46N4O7S. The van der Waals surface area contributed by atoms with Crippen molar-refractivity contribution < 1.29 is 32.3 Å². The topological polar surface area (TPSA) is 151 Å². The van der Waals surface area contributed by atoms with Gasteiger partial charge in [-0.1, -0.05) is 55.3 Å². The molecule has 1 aromatic rings. The second kappa shape index (κ2) is 12.8. The molecule has 1 aromatic carbocycles. The predicted octanol–water partition coefficient (Wildman–Crippen LogP) is 3.49. The molecule has 0 unspecified atom stereocenters. The van der Waals surface area contributed by atoms with Crippen molar-refractivity contribution in [1.82, 2.24) is 20.3 Å². The van der Waals surface area contributed by atoms with E-state index in [-0.39, 0.29) is 18.2 Å². The summed E-state index contributed by atoms with van der Waals surface area (Å²) in [6.07, 6.45) is 9.12. The Morgan fingerprint density at radius 3 is 2.47 bits per heavy atom. The summed E-state index contributed by atoms with van der Waals surface area (Å²) in [5, 5.41) is 5.61. The van der Waals surface area contributed by atoms with Crippen LogP contribution in [-0.4, -0.2) is 71.6 Å². The summed E-state index contributed by atoms with van der Waals surface area (Å²) >= 11 is 0. The van der Waals surface area contributed by atoms with Gasteiger partial charge >= 0.3 is 6.09 Å². The molecule has 3 fully saturated rings. The van der Waals surface area contributed by atoms with Crippen molar-refractivity contribution in [3.63, 3.8) is 0 Å². The second-order valence-electron chi connectivity index (χ2n) is 14.0. The first-order valence-corrected chi connectivity index (χ1v) is 17.6. The highest BCUT2D eigenvalue weighted by Crippen LogP contribution is 2.48. The van der Waals surface area contributed by atoms with Crippen molar-refractivity contribution in [3.05, 3.63) is 48.0 Å². The molecule has 246 valence electrons. The Hall–Kier alpha value is -3.41. The number of allylic oxidation sites excluding steroid dienone is 1. The molecule has 0 bridgehead atoms. The number of amides is 4. The molecular weight excluding hydrogens is 596 g/mol. The van der Waals surface area contributed by atoms with Gasteiger partial charge in [0.25, 0.3) is 5.91 Å². The Balaban J connectivity index is 1.34. The van der Waals surface area contributed by atoms with E-state index in [4.69, 9.17) is 4.74 Å². The van der Waals surface area contributed by atoms with Crippen LogP contribution in [0.3, 0.4) is 0 Å². The third-order valence-electron chi connectivity index (χ3n) is 9.30. The van der Waals surface area contributed by atoms with Crippen molar-refractivity contribution in [2.75, 3.05) is 6.54 Å². The van der Waals surface area contributed by atoms with Crippen molar-refractivity contribution in [2.24, 2.45) is 5.92 Å². The molecule has 45 heavy (non-hydrogen) atoms. The lowest BCUT2D eigenvalue weighted by molar-refractivity contribution is -0.141. The molecule has 3 N–H and O–H groups in total. The summed E-state index contributed by atoms with van der Waals surface area (Å²) in [5.74, 6) is -1.97. The number of hydrogen-bond acceptors (Lipinski definition) is 7. The Morgan fingerprint density at radius 1 is 1.04 bits per heavy atom. The van der Waals surface area contributed by atoms with E-state index in [0.717, 1.165) is 24.8 Å². The normalized spacial score (nSPS) is 29.1. The molecule has 2 aliphatic carbocycles. The molecule has 12 heteroatoms. The van der Waals surface area contributed by atoms with E-state index < -0.39 is 55.9 Å². The van der Waals surface area contributed by atoms with E-state index in [9.17, 15) is 27.6 Å². The van der Waals surface area contributed by atoms with Gasteiger partial charge in [0.05, 0.1) is 4.75 Å². The summed E-state index contributed by atoms with van der Waals surface area (Å²) in [6, 6.07) is 7.63. The molecule has 5 rings (SSSR count). The van der Waals surface area contributed by atoms with Gasteiger partial charge in [-0.3, -0.25) is 19.1 Å². The average Bonchev–Trinajstić information content (AvgIpc) is 3.84. The number of benzene rings is 1. The quantitative estimate of drug-likeness (QED) is 0.402. The maximum absolute atomic E-state index is 13.8. The highest BCUT2D eigenvalue weighted by molar-refractivity contribution is 7.91. The van der Waals surface area contributed by atoms with Crippen molar-refractivity contribution in [2.45, 2.75) is 119 Å². The first kappa shape index (κ1) is 33.0. The van der Waals surface area contributed by atoms with E-state index in [1.165, 1.54) is 4.90 Å². The number of nitrogens with one attached hydrogen (secondary N) is 3. The Labute approximate surface area is 266 Å². The fourth-order valence-electron chi connectivity index (χ4n) is 6.51. The number of carbonyl (C=O) groups excluding carboxylic acids is 4. The number of hydrogen-bond donors (Lipinski definition) is 3. The Kier molecular flexibility index (Phi) is 9.35. The van der Waals surface area contributed by atoms with E-state index in [1.807, 2.05) is 42.5 Å². The molecule has 4 amide bonds. The number of nitrogens with zero attached hydrogens (tertiary/aromatic N) is 1. The van der Waals surface area contributed by atoms with Gasteiger partial charge in [0.1, 0.15) is 23.2 Å². The fourth-order valence-corrected chi connectivity index (χ4v) is 8.15. The zero-order valence-corrected chi connectivity index (χ0v) is 27.3. The highest BCUT2D eigenvalue weighted by Gasteiger charge is 2.63. The number of sulfonamides is 1. The molecule has 4 atom stereocenters. The molecule has 2 heterocycles. The molecule has 2 saturated carbocycles. The Morgan fingerprint density at radius 2 is 1.78 bits per heavy atom. The van der Waals surface area contributed by atoms with Gasteiger partial charge in [-0.2, -0.15) is 0 Å². The van der Waals surface area contributed by atoms with Gasteiger partial charge in [-0.15, -0.1) is 0 Å². The van der Waals surface area contributed by atoms with E-state index in [1.54, 1.807) is 20.8 Å². The number of carbonyl (C=O) groups is 4. The summed E-state index contributed by atoms with van der Waals surface area (Å²) in [5.41, 5.74) is -1.28. The first-order valence-electron chi connectivity index (χ1n) is 16.1. The van der Waals surface area contributed by atoms with Gasteiger partial charge in [0, 0.05) is 12.5 Å². The average molecular weight is 643 g/mol. The van der Waals surface area contributed by atoms with Crippen LogP contribution in [0.2, 0.25) is 0 Å². The number of fused-ring (bicyclic) bond motifs is 2. The fraction of sp³-hybridized carbons (Fsp3) is 0.636. The maximum atomic E-state index is 13.8. The molecule has 2 aliphatic heterocycles. The standard InChI is InChI=1S/C33H46N4O7S/c1-31(2,3)44-30(41)34-25-16-11-6-4-5-10-15-24-22-33(24,35-27(38)26-17-12-20-37(26)28(25)39)29(40)36-45(42,43)32(18-19-32)21-23-13-8-7-9-14-23/h7-10,13-15,24-26H,4-6,11-12,16-22H2,1-3H3,(H,34,41)(H,35,38)(H,36,40)/b15-10-/t24-,25-,26-,33+/m0/s1. The lowest BCUT2D eigenvalue weighted by Crippen LogP contribution is -2.59. The lowest BCUT2D eigenvalue weighted by Gasteiger charge is -2.30. The number of alkyl carbamates (subject to hydrolysis) is 1. The van der Waals surface area contributed by atoms with Crippen LogP contribution in [0, 0.1) is 5.92 Å². The van der Waals surface area contributed by atoms with Crippen molar-refractivity contribution in [1.29, 1.82) is 0 Å². The second-order valence-corrected chi connectivity index (χ2v) is 16.1. The Bertz CT molecular complexity index is 1430. The molecule has 4 aliphatic rings. The zero-order chi connectivity index (χ0) is 32.5. The van der Waals surface area contributed by atoms with Crippen molar-refractivity contribution in [3.8, 4) is 0 Å². The zero-order valence-electron chi connectivity index (χ0n) is 26.5.